The molecular weight excluding hydrogens is 456 g/mol. The van der Waals surface area contributed by atoms with Crippen LogP contribution >= 0.6 is 0 Å². The van der Waals surface area contributed by atoms with Crippen molar-refractivity contribution >= 4 is 41.0 Å². The Morgan fingerprint density at radius 1 is 0.917 bits per heavy atom. The largest absolute Gasteiger partial charge is 0.368 e. The summed E-state index contributed by atoms with van der Waals surface area (Å²) in [6, 6.07) is 20.6. The molecule has 4 aromatic rings. The van der Waals surface area contributed by atoms with Gasteiger partial charge in [-0.1, -0.05) is 36.4 Å². The van der Waals surface area contributed by atoms with Crippen molar-refractivity contribution in [3.63, 3.8) is 0 Å². The third kappa shape index (κ3) is 5.49. The maximum atomic E-state index is 10.9. The van der Waals surface area contributed by atoms with Crippen molar-refractivity contribution in [3.8, 4) is 0 Å². The molecule has 0 amide bonds. The van der Waals surface area contributed by atoms with E-state index >= 15 is 0 Å². The van der Waals surface area contributed by atoms with Crippen LogP contribution in [0.3, 0.4) is 0 Å². The van der Waals surface area contributed by atoms with E-state index in [-0.39, 0.29) is 10.6 Å². The number of nitrogens with zero attached hydrogens (tertiary/aromatic N) is 6. The van der Waals surface area contributed by atoms with Gasteiger partial charge >= 0.3 is 0 Å². The van der Waals surface area contributed by atoms with Crippen LogP contribution in [0.15, 0.2) is 66.7 Å². The topological polar surface area (TPSA) is 116 Å². The van der Waals surface area contributed by atoms with Crippen LogP contribution in [0.25, 0.3) is 12.2 Å². The van der Waals surface area contributed by atoms with E-state index in [1.54, 1.807) is 24.3 Å². The molecule has 1 saturated heterocycles. The van der Waals surface area contributed by atoms with Gasteiger partial charge in [0.15, 0.2) is 11.6 Å². The van der Waals surface area contributed by atoms with Crippen molar-refractivity contribution in [2.45, 2.75) is 6.92 Å². The van der Waals surface area contributed by atoms with Gasteiger partial charge in [-0.05, 0) is 30.7 Å². The standard InChI is InChI=1S/C26H26N8O2/c1-19-17-25(31-30-19)28-24-18-26(29-23(27-24)12-7-20-5-3-2-4-6-20)33-15-13-32(14-16-33)21-8-10-22(11-9-21)34(35)36/h2-12,17-18H,13-16H2,1H3,(H2,27,28,29,30,31)/b12-7+. The monoisotopic (exact) mass is 482 g/mol. The van der Waals surface area contributed by atoms with Gasteiger partial charge in [-0.3, -0.25) is 15.2 Å². The average Bonchev–Trinajstić information content (AvgIpc) is 3.32. The lowest BCUT2D eigenvalue weighted by molar-refractivity contribution is -0.384. The molecule has 0 atom stereocenters. The molecule has 3 heterocycles. The second kappa shape index (κ2) is 10.3. The normalized spacial score (nSPS) is 13.8. The highest BCUT2D eigenvalue weighted by atomic mass is 16.6. The smallest absolute Gasteiger partial charge is 0.269 e. The Kier molecular flexibility index (Phi) is 6.57. The van der Waals surface area contributed by atoms with Crippen molar-refractivity contribution in [1.29, 1.82) is 0 Å². The molecule has 1 aliphatic rings. The summed E-state index contributed by atoms with van der Waals surface area (Å²) in [7, 11) is 0. The van der Waals surface area contributed by atoms with Gasteiger partial charge in [0.05, 0.1) is 4.92 Å². The molecule has 0 saturated carbocycles. The molecule has 1 fully saturated rings. The summed E-state index contributed by atoms with van der Waals surface area (Å²) in [6.45, 7) is 5.02. The van der Waals surface area contributed by atoms with E-state index in [9.17, 15) is 10.1 Å². The molecule has 10 heteroatoms. The summed E-state index contributed by atoms with van der Waals surface area (Å²) in [5.41, 5.74) is 3.10. The number of rotatable bonds is 7. The molecule has 0 unspecified atom stereocenters. The Hall–Kier alpha value is -4.73. The molecule has 0 bridgehead atoms. The Bertz CT molecular complexity index is 1360. The van der Waals surface area contributed by atoms with E-state index in [0.717, 1.165) is 48.9 Å². The van der Waals surface area contributed by atoms with Crippen LogP contribution in [-0.4, -0.2) is 51.3 Å². The third-order valence-electron chi connectivity index (χ3n) is 5.95. The molecule has 36 heavy (non-hydrogen) atoms. The molecule has 182 valence electrons. The first-order chi connectivity index (χ1) is 17.5. The summed E-state index contributed by atoms with van der Waals surface area (Å²) >= 11 is 0. The number of aromatic nitrogens is 4. The number of aromatic amines is 1. The number of piperazine rings is 1. The van der Waals surface area contributed by atoms with Crippen LogP contribution in [-0.2, 0) is 0 Å². The van der Waals surface area contributed by atoms with E-state index in [1.807, 2.05) is 61.5 Å². The van der Waals surface area contributed by atoms with Crippen LogP contribution in [0.4, 0.5) is 28.8 Å². The molecule has 1 aliphatic heterocycles. The predicted octanol–water partition coefficient (Wildman–Crippen LogP) is 4.66. The number of nitro groups is 1. The van der Waals surface area contributed by atoms with Crippen LogP contribution in [0.1, 0.15) is 17.1 Å². The summed E-state index contributed by atoms with van der Waals surface area (Å²) < 4.78 is 0. The summed E-state index contributed by atoms with van der Waals surface area (Å²) in [5.74, 6) is 2.79. The van der Waals surface area contributed by atoms with Gasteiger partial charge in [0.2, 0.25) is 0 Å². The zero-order chi connectivity index (χ0) is 24.9. The van der Waals surface area contributed by atoms with Crippen LogP contribution in [0, 0.1) is 17.0 Å². The Morgan fingerprint density at radius 3 is 2.31 bits per heavy atom. The fourth-order valence-electron chi connectivity index (χ4n) is 4.08. The van der Waals surface area contributed by atoms with E-state index < -0.39 is 0 Å². The molecular formula is C26H26N8O2. The third-order valence-corrected chi connectivity index (χ3v) is 5.95. The number of H-pyrrole nitrogens is 1. The molecule has 0 spiro atoms. The second-order valence-corrected chi connectivity index (χ2v) is 8.52. The van der Waals surface area contributed by atoms with E-state index in [1.165, 1.54) is 0 Å². The van der Waals surface area contributed by atoms with Gasteiger partial charge in [0.25, 0.3) is 5.69 Å². The van der Waals surface area contributed by atoms with Gasteiger partial charge in [-0.15, -0.1) is 0 Å². The number of hydrogen-bond acceptors (Lipinski definition) is 8. The van der Waals surface area contributed by atoms with Crippen molar-refractivity contribution < 1.29 is 4.92 Å². The highest BCUT2D eigenvalue weighted by molar-refractivity contribution is 5.69. The number of nitro benzene ring substituents is 1. The first kappa shape index (κ1) is 23.0. The number of anilines is 4. The van der Waals surface area contributed by atoms with Crippen molar-refractivity contribution in [1.82, 2.24) is 20.2 Å². The predicted molar refractivity (Wildman–Crippen MR) is 142 cm³/mol. The number of nitrogens with one attached hydrogen (secondary N) is 2. The molecule has 5 rings (SSSR count). The van der Waals surface area contributed by atoms with Crippen LogP contribution in [0.5, 0.6) is 0 Å². The molecule has 2 aromatic heterocycles. The fourth-order valence-corrected chi connectivity index (χ4v) is 4.08. The maximum Gasteiger partial charge on any atom is 0.269 e. The number of hydrogen-bond donors (Lipinski definition) is 2. The van der Waals surface area contributed by atoms with Gasteiger partial charge in [-0.2, -0.15) is 5.10 Å². The summed E-state index contributed by atoms with van der Waals surface area (Å²) in [4.78, 5) is 24.5. The molecule has 10 nitrogen and oxygen atoms in total. The first-order valence-electron chi connectivity index (χ1n) is 11.7. The second-order valence-electron chi connectivity index (χ2n) is 8.52. The van der Waals surface area contributed by atoms with Gasteiger partial charge in [-0.25, -0.2) is 9.97 Å². The zero-order valence-electron chi connectivity index (χ0n) is 19.8. The first-order valence-corrected chi connectivity index (χ1v) is 11.7. The number of benzene rings is 2. The van der Waals surface area contributed by atoms with E-state index in [4.69, 9.17) is 4.98 Å². The quantitative estimate of drug-likeness (QED) is 0.289. The summed E-state index contributed by atoms with van der Waals surface area (Å²) in [5, 5.41) is 21.4. The van der Waals surface area contributed by atoms with E-state index in [0.29, 0.717) is 17.5 Å². The Labute approximate surface area is 208 Å². The average molecular weight is 483 g/mol. The van der Waals surface area contributed by atoms with Crippen LogP contribution < -0.4 is 15.1 Å². The number of non-ortho nitro benzene ring substituents is 1. The minimum absolute atomic E-state index is 0.0987. The van der Waals surface area contributed by atoms with Crippen molar-refractivity contribution in [3.05, 3.63) is 93.9 Å². The highest BCUT2D eigenvalue weighted by Gasteiger charge is 2.20. The Balaban J connectivity index is 1.35. The summed E-state index contributed by atoms with van der Waals surface area (Å²) in [6.07, 6.45) is 3.90. The highest BCUT2D eigenvalue weighted by Crippen LogP contribution is 2.24. The SMILES string of the molecule is Cc1cc(Nc2cc(N3CCN(c4ccc([N+](=O)[O-])cc4)CC3)nc(/C=C/c3ccccc3)n2)n[nH]1. The minimum atomic E-state index is -0.378. The lowest BCUT2D eigenvalue weighted by atomic mass is 10.2. The maximum absolute atomic E-state index is 10.9. The van der Waals surface area contributed by atoms with E-state index in [2.05, 4.69) is 30.3 Å². The van der Waals surface area contributed by atoms with Crippen molar-refractivity contribution in [2.75, 3.05) is 41.3 Å². The fraction of sp³-hybridized carbons (Fsp3) is 0.192. The molecule has 2 N–H and O–H groups in total. The Morgan fingerprint density at radius 2 is 1.64 bits per heavy atom. The van der Waals surface area contributed by atoms with Crippen LogP contribution in [0.2, 0.25) is 0 Å². The van der Waals surface area contributed by atoms with Gasteiger partial charge in [0, 0.05) is 61.8 Å². The van der Waals surface area contributed by atoms with Crippen molar-refractivity contribution in [2.24, 2.45) is 0 Å². The number of aryl methyl sites for hydroxylation is 1. The lowest BCUT2D eigenvalue weighted by Crippen LogP contribution is -2.46. The molecule has 2 aromatic carbocycles. The zero-order valence-corrected chi connectivity index (χ0v) is 19.8. The minimum Gasteiger partial charge on any atom is -0.368 e. The molecule has 0 radical (unpaired) electrons. The lowest BCUT2D eigenvalue weighted by Gasteiger charge is -2.36. The van der Waals surface area contributed by atoms with Gasteiger partial charge < -0.3 is 15.1 Å². The molecule has 0 aliphatic carbocycles. The van der Waals surface area contributed by atoms with Gasteiger partial charge in [0.1, 0.15) is 11.6 Å².